The van der Waals surface area contributed by atoms with E-state index in [1.807, 2.05) is 13.8 Å². The van der Waals surface area contributed by atoms with Gasteiger partial charge in [-0.2, -0.15) is 0 Å². The monoisotopic (exact) mass is 276 g/mol. The first-order valence-corrected chi connectivity index (χ1v) is 7.27. The highest BCUT2D eigenvalue weighted by Gasteiger charge is 2.34. The quantitative estimate of drug-likeness (QED) is 0.807. The molecule has 0 aromatic heterocycles. The first-order valence-electron chi connectivity index (χ1n) is 7.27. The van der Waals surface area contributed by atoms with E-state index in [-0.39, 0.29) is 5.97 Å². The summed E-state index contributed by atoms with van der Waals surface area (Å²) in [6.07, 6.45) is 1.83. The third-order valence-corrected chi connectivity index (χ3v) is 4.07. The van der Waals surface area contributed by atoms with Crippen LogP contribution in [-0.4, -0.2) is 38.3 Å². The molecule has 1 heterocycles. The molecular weight excluding hydrogens is 252 g/mol. The van der Waals surface area contributed by atoms with E-state index in [9.17, 15) is 4.79 Å². The van der Waals surface area contributed by atoms with Gasteiger partial charge in [-0.05, 0) is 37.9 Å². The summed E-state index contributed by atoms with van der Waals surface area (Å²) in [7, 11) is 1.45. The van der Waals surface area contributed by atoms with Crippen LogP contribution in [0.25, 0.3) is 0 Å². The topological polar surface area (TPSA) is 41.6 Å². The maximum absolute atomic E-state index is 12.0. The van der Waals surface area contributed by atoms with Gasteiger partial charge in [0, 0.05) is 18.8 Å². The summed E-state index contributed by atoms with van der Waals surface area (Å²) in [4.78, 5) is 14.3. The lowest BCUT2D eigenvalue weighted by molar-refractivity contribution is -0.148. The minimum Gasteiger partial charge on any atom is -0.468 e. The van der Waals surface area contributed by atoms with Crippen LogP contribution < -0.4 is 10.2 Å². The summed E-state index contributed by atoms with van der Waals surface area (Å²) in [6, 6.07) is 8.49. The maximum Gasteiger partial charge on any atom is 0.325 e. The summed E-state index contributed by atoms with van der Waals surface area (Å²) >= 11 is 0. The van der Waals surface area contributed by atoms with Gasteiger partial charge >= 0.3 is 5.97 Å². The van der Waals surface area contributed by atoms with E-state index in [1.54, 1.807) is 0 Å². The summed E-state index contributed by atoms with van der Waals surface area (Å²) in [5.74, 6) is -0.188. The molecule has 0 radical (unpaired) electrons. The van der Waals surface area contributed by atoms with Crippen LogP contribution in [0, 0.1) is 0 Å². The fourth-order valence-electron chi connectivity index (χ4n) is 2.88. The number of hydrogen-bond donors (Lipinski definition) is 1. The molecule has 1 atom stereocenters. The van der Waals surface area contributed by atoms with Crippen molar-refractivity contribution >= 4 is 11.7 Å². The van der Waals surface area contributed by atoms with Gasteiger partial charge in [0.2, 0.25) is 0 Å². The van der Waals surface area contributed by atoms with Crippen molar-refractivity contribution in [2.45, 2.75) is 32.2 Å². The van der Waals surface area contributed by atoms with Crippen LogP contribution in [-0.2, 0) is 16.0 Å². The zero-order valence-corrected chi connectivity index (χ0v) is 12.6. The van der Waals surface area contributed by atoms with Crippen LogP contribution in [0.4, 0.5) is 5.69 Å². The normalized spacial score (nSPS) is 16.6. The van der Waals surface area contributed by atoms with Crippen LogP contribution in [0.2, 0.25) is 0 Å². The number of para-hydroxylation sites is 1. The number of rotatable bonds is 6. The lowest BCUT2D eigenvalue weighted by Crippen LogP contribution is -2.51. The van der Waals surface area contributed by atoms with Crippen molar-refractivity contribution in [3.63, 3.8) is 0 Å². The molecule has 20 heavy (non-hydrogen) atoms. The van der Waals surface area contributed by atoms with E-state index in [0.29, 0.717) is 0 Å². The number of ether oxygens (including phenoxy) is 1. The molecule has 0 aliphatic carbocycles. The second kappa shape index (κ2) is 6.27. The number of carbonyl (C=O) groups is 1. The van der Waals surface area contributed by atoms with E-state index < -0.39 is 5.54 Å². The molecule has 0 saturated carbocycles. The number of nitrogens with one attached hydrogen (secondary N) is 1. The third kappa shape index (κ3) is 2.96. The highest BCUT2D eigenvalue weighted by molar-refractivity contribution is 5.80. The average molecular weight is 276 g/mol. The first kappa shape index (κ1) is 14.9. The largest absolute Gasteiger partial charge is 0.468 e. The van der Waals surface area contributed by atoms with Gasteiger partial charge in [-0.1, -0.05) is 25.1 Å². The summed E-state index contributed by atoms with van der Waals surface area (Å²) in [5.41, 5.74) is 2.09. The number of hydrogen-bond acceptors (Lipinski definition) is 4. The van der Waals surface area contributed by atoms with E-state index in [2.05, 4.69) is 34.5 Å². The van der Waals surface area contributed by atoms with Crippen molar-refractivity contribution in [1.82, 2.24) is 5.32 Å². The standard InChI is InChI=1S/C16H24N2O2/c1-4-17-16(2,15(19)20-3)10-12-18-11-9-13-7-5-6-8-14(13)18/h5-8,17H,4,9-12H2,1-3H3. The molecule has 0 bridgehead atoms. The van der Waals surface area contributed by atoms with Gasteiger partial charge in [-0.3, -0.25) is 4.79 Å². The van der Waals surface area contributed by atoms with Gasteiger partial charge in [-0.25, -0.2) is 0 Å². The molecule has 1 aromatic carbocycles. The van der Waals surface area contributed by atoms with Crippen molar-refractivity contribution in [2.24, 2.45) is 0 Å². The number of benzene rings is 1. The molecule has 4 nitrogen and oxygen atoms in total. The Hall–Kier alpha value is -1.55. The fraction of sp³-hybridized carbons (Fsp3) is 0.562. The molecule has 2 rings (SSSR count). The molecule has 0 spiro atoms. The molecule has 110 valence electrons. The van der Waals surface area contributed by atoms with E-state index in [4.69, 9.17) is 4.74 Å². The molecular formula is C16H24N2O2. The van der Waals surface area contributed by atoms with E-state index in [0.717, 1.165) is 32.5 Å². The second-order valence-electron chi connectivity index (χ2n) is 5.47. The molecule has 1 aliphatic heterocycles. The minimum atomic E-state index is -0.610. The number of esters is 1. The Morgan fingerprint density at radius 1 is 1.45 bits per heavy atom. The number of nitrogens with zero attached hydrogens (tertiary/aromatic N) is 1. The highest BCUT2D eigenvalue weighted by atomic mass is 16.5. The van der Waals surface area contributed by atoms with Crippen molar-refractivity contribution in [3.8, 4) is 0 Å². The van der Waals surface area contributed by atoms with Gasteiger partial charge in [0.25, 0.3) is 0 Å². The van der Waals surface area contributed by atoms with E-state index in [1.165, 1.54) is 18.4 Å². The Morgan fingerprint density at radius 3 is 2.90 bits per heavy atom. The maximum atomic E-state index is 12.0. The molecule has 0 amide bonds. The molecule has 0 saturated heterocycles. The molecule has 1 aromatic rings. The van der Waals surface area contributed by atoms with Crippen molar-refractivity contribution in [2.75, 3.05) is 31.6 Å². The van der Waals surface area contributed by atoms with Crippen molar-refractivity contribution < 1.29 is 9.53 Å². The van der Waals surface area contributed by atoms with Crippen LogP contribution in [0.1, 0.15) is 25.8 Å². The minimum absolute atomic E-state index is 0.188. The van der Waals surface area contributed by atoms with Crippen molar-refractivity contribution in [3.05, 3.63) is 29.8 Å². The lowest BCUT2D eigenvalue weighted by atomic mass is 9.97. The van der Waals surface area contributed by atoms with Crippen LogP contribution in [0.5, 0.6) is 0 Å². The Balaban J connectivity index is 2.02. The Kier molecular flexibility index (Phi) is 4.65. The Morgan fingerprint density at radius 2 is 2.20 bits per heavy atom. The number of carbonyl (C=O) groups excluding carboxylic acids is 1. The number of fused-ring (bicyclic) bond motifs is 1. The Labute approximate surface area is 121 Å². The van der Waals surface area contributed by atoms with Crippen LogP contribution in [0.3, 0.4) is 0 Å². The molecule has 1 unspecified atom stereocenters. The van der Waals surface area contributed by atoms with Gasteiger partial charge in [0.15, 0.2) is 0 Å². The Bertz CT molecular complexity index is 475. The third-order valence-electron chi connectivity index (χ3n) is 4.07. The van der Waals surface area contributed by atoms with Gasteiger partial charge in [0.1, 0.15) is 5.54 Å². The van der Waals surface area contributed by atoms with Gasteiger partial charge < -0.3 is 15.0 Å². The fourth-order valence-corrected chi connectivity index (χ4v) is 2.88. The van der Waals surface area contributed by atoms with E-state index >= 15 is 0 Å². The van der Waals surface area contributed by atoms with Crippen LogP contribution in [0.15, 0.2) is 24.3 Å². The predicted octanol–water partition coefficient (Wildman–Crippen LogP) is 1.98. The number of methoxy groups -OCH3 is 1. The molecule has 1 aliphatic rings. The van der Waals surface area contributed by atoms with Gasteiger partial charge in [-0.15, -0.1) is 0 Å². The first-order chi connectivity index (χ1) is 9.60. The second-order valence-corrected chi connectivity index (χ2v) is 5.47. The molecule has 0 fully saturated rings. The average Bonchev–Trinajstić information content (AvgIpc) is 2.88. The smallest absolute Gasteiger partial charge is 0.325 e. The van der Waals surface area contributed by atoms with Gasteiger partial charge in [0.05, 0.1) is 7.11 Å². The number of anilines is 1. The summed E-state index contributed by atoms with van der Waals surface area (Å²) in [6.45, 7) is 6.57. The predicted molar refractivity (Wildman–Crippen MR) is 81.1 cm³/mol. The van der Waals surface area contributed by atoms with Crippen molar-refractivity contribution in [1.29, 1.82) is 0 Å². The molecule has 1 N–H and O–H groups in total. The zero-order chi connectivity index (χ0) is 14.6. The lowest BCUT2D eigenvalue weighted by Gasteiger charge is -2.30. The zero-order valence-electron chi connectivity index (χ0n) is 12.6. The summed E-state index contributed by atoms with van der Waals surface area (Å²) in [5, 5.41) is 3.26. The highest BCUT2D eigenvalue weighted by Crippen LogP contribution is 2.28. The number of likely N-dealkylation sites (N-methyl/N-ethyl adjacent to an activating group) is 1. The SMILES string of the molecule is CCNC(C)(CCN1CCc2ccccc21)C(=O)OC. The van der Waals surface area contributed by atoms with Crippen LogP contribution >= 0.6 is 0 Å². The molecule has 4 heteroatoms. The summed E-state index contributed by atoms with van der Waals surface area (Å²) < 4.78 is 4.93.